The number of amides is 2. The van der Waals surface area contributed by atoms with Crippen molar-refractivity contribution in [1.29, 1.82) is 0 Å². The van der Waals surface area contributed by atoms with E-state index in [0.29, 0.717) is 12.1 Å². The predicted molar refractivity (Wildman–Crippen MR) is 129 cm³/mol. The molecule has 32 heavy (non-hydrogen) atoms. The third-order valence-electron chi connectivity index (χ3n) is 6.25. The smallest absolute Gasteiger partial charge is 0.252 e. The summed E-state index contributed by atoms with van der Waals surface area (Å²) in [6, 6.07) is 14.0. The molecule has 1 aromatic heterocycles. The number of nitrogens with one attached hydrogen (secondary N) is 1. The number of rotatable bonds is 9. The van der Waals surface area contributed by atoms with Gasteiger partial charge in [-0.25, -0.2) is 4.98 Å². The minimum absolute atomic E-state index is 0.0880. The molecule has 3 rings (SSSR count). The maximum atomic E-state index is 12.7. The number of pyridine rings is 1. The molecule has 0 aliphatic carbocycles. The highest BCUT2D eigenvalue weighted by Gasteiger charge is 2.24. The third-order valence-corrected chi connectivity index (χ3v) is 6.25. The van der Waals surface area contributed by atoms with Crippen molar-refractivity contribution < 1.29 is 9.59 Å². The Morgan fingerprint density at radius 2 is 1.78 bits per heavy atom. The summed E-state index contributed by atoms with van der Waals surface area (Å²) in [5.41, 5.74) is 1.86. The highest BCUT2D eigenvalue weighted by Crippen LogP contribution is 2.17. The van der Waals surface area contributed by atoms with Gasteiger partial charge in [0.2, 0.25) is 5.91 Å². The predicted octanol–water partition coefficient (Wildman–Crippen LogP) is 3.92. The number of aromatic nitrogens is 1. The van der Waals surface area contributed by atoms with E-state index in [-0.39, 0.29) is 17.7 Å². The van der Waals surface area contributed by atoms with E-state index in [0.717, 1.165) is 64.1 Å². The Bertz CT molecular complexity index is 850. The Labute approximate surface area is 192 Å². The summed E-state index contributed by atoms with van der Waals surface area (Å²) in [4.78, 5) is 33.9. The normalized spacial score (nSPS) is 14.3. The van der Waals surface area contributed by atoms with E-state index in [1.54, 1.807) is 6.20 Å². The standard InChI is InChI=1S/C26H36N4O2/c1-3-22(4-2)26(32)30-17-9-16-29(18-19-30)24-14-13-23(20-28-24)25(31)27-15-8-12-21-10-6-5-7-11-21/h5-7,10-11,13-14,20,22H,3-4,8-9,12,15-19H2,1-2H3,(H,27,31). The van der Waals surface area contributed by atoms with Crippen LogP contribution in [0.5, 0.6) is 0 Å². The van der Waals surface area contributed by atoms with E-state index in [1.165, 1.54) is 5.56 Å². The number of aryl methyl sites for hydroxylation is 1. The molecule has 2 amide bonds. The monoisotopic (exact) mass is 436 g/mol. The van der Waals surface area contributed by atoms with Crippen molar-refractivity contribution in [1.82, 2.24) is 15.2 Å². The van der Waals surface area contributed by atoms with Crippen LogP contribution in [0.4, 0.5) is 5.82 Å². The number of anilines is 1. The number of hydrogen-bond acceptors (Lipinski definition) is 4. The Morgan fingerprint density at radius 3 is 2.47 bits per heavy atom. The van der Waals surface area contributed by atoms with E-state index < -0.39 is 0 Å². The van der Waals surface area contributed by atoms with Gasteiger partial charge in [-0.05, 0) is 49.8 Å². The van der Waals surface area contributed by atoms with Gasteiger partial charge in [-0.1, -0.05) is 44.2 Å². The SMILES string of the molecule is CCC(CC)C(=O)N1CCCN(c2ccc(C(=O)NCCCc3ccccc3)cn2)CC1. The van der Waals surface area contributed by atoms with Gasteiger partial charge in [0, 0.05) is 44.8 Å². The van der Waals surface area contributed by atoms with Crippen LogP contribution in [0.25, 0.3) is 0 Å². The van der Waals surface area contributed by atoms with Gasteiger partial charge >= 0.3 is 0 Å². The molecule has 6 heteroatoms. The first-order valence-electron chi connectivity index (χ1n) is 11.9. The summed E-state index contributed by atoms with van der Waals surface area (Å²) in [5, 5.41) is 2.98. The van der Waals surface area contributed by atoms with Crippen LogP contribution in [0, 0.1) is 5.92 Å². The van der Waals surface area contributed by atoms with Gasteiger partial charge in [0.05, 0.1) is 5.56 Å². The molecular weight excluding hydrogens is 400 g/mol. The van der Waals surface area contributed by atoms with Gasteiger partial charge in [-0.2, -0.15) is 0 Å². The lowest BCUT2D eigenvalue weighted by Crippen LogP contribution is -2.38. The van der Waals surface area contributed by atoms with Crippen molar-refractivity contribution in [3.63, 3.8) is 0 Å². The summed E-state index contributed by atoms with van der Waals surface area (Å²) >= 11 is 0. The fourth-order valence-corrected chi connectivity index (χ4v) is 4.21. The number of carbonyl (C=O) groups is 2. The maximum Gasteiger partial charge on any atom is 0.252 e. The van der Waals surface area contributed by atoms with E-state index in [1.807, 2.05) is 35.2 Å². The largest absolute Gasteiger partial charge is 0.355 e. The van der Waals surface area contributed by atoms with Crippen molar-refractivity contribution in [3.8, 4) is 0 Å². The fourth-order valence-electron chi connectivity index (χ4n) is 4.21. The lowest BCUT2D eigenvalue weighted by Gasteiger charge is -2.25. The molecule has 172 valence electrons. The average molecular weight is 437 g/mol. The lowest BCUT2D eigenvalue weighted by atomic mass is 10.0. The average Bonchev–Trinajstić information content (AvgIpc) is 3.09. The fraction of sp³-hybridized carbons (Fsp3) is 0.500. The van der Waals surface area contributed by atoms with Crippen LogP contribution in [0.2, 0.25) is 0 Å². The Hall–Kier alpha value is -2.89. The Balaban J connectivity index is 1.47. The number of benzene rings is 1. The quantitative estimate of drug-likeness (QED) is 0.605. The van der Waals surface area contributed by atoms with Gasteiger partial charge in [0.15, 0.2) is 0 Å². The zero-order valence-electron chi connectivity index (χ0n) is 19.4. The van der Waals surface area contributed by atoms with E-state index >= 15 is 0 Å². The van der Waals surface area contributed by atoms with Crippen molar-refractivity contribution in [3.05, 3.63) is 59.8 Å². The molecule has 0 spiro atoms. The van der Waals surface area contributed by atoms with E-state index in [4.69, 9.17) is 0 Å². The number of hydrogen-bond donors (Lipinski definition) is 1. The highest BCUT2D eigenvalue weighted by atomic mass is 16.2. The van der Waals surface area contributed by atoms with Crippen molar-refractivity contribution in [2.75, 3.05) is 37.6 Å². The molecule has 1 saturated heterocycles. The van der Waals surface area contributed by atoms with Gasteiger partial charge in [-0.3, -0.25) is 9.59 Å². The first kappa shape index (κ1) is 23.8. The molecule has 1 N–H and O–H groups in total. The second-order valence-electron chi connectivity index (χ2n) is 8.43. The molecule has 0 bridgehead atoms. The zero-order valence-corrected chi connectivity index (χ0v) is 19.4. The molecule has 2 aromatic rings. The van der Waals surface area contributed by atoms with E-state index in [2.05, 4.69) is 41.2 Å². The van der Waals surface area contributed by atoms with Gasteiger partial charge in [-0.15, -0.1) is 0 Å². The zero-order chi connectivity index (χ0) is 22.8. The molecule has 6 nitrogen and oxygen atoms in total. The van der Waals surface area contributed by atoms with Crippen LogP contribution in [0.15, 0.2) is 48.7 Å². The van der Waals surface area contributed by atoms with Gasteiger partial charge < -0.3 is 15.1 Å². The molecular formula is C26H36N4O2. The second kappa shape index (κ2) is 12.2. The van der Waals surface area contributed by atoms with Crippen LogP contribution in [-0.4, -0.2) is 54.4 Å². The van der Waals surface area contributed by atoms with Crippen LogP contribution in [0.3, 0.4) is 0 Å². The molecule has 1 aliphatic rings. The first-order chi connectivity index (χ1) is 15.6. The van der Waals surface area contributed by atoms with Crippen LogP contribution < -0.4 is 10.2 Å². The molecule has 2 heterocycles. The Kier molecular flexibility index (Phi) is 9.08. The second-order valence-corrected chi connectivity index (χ2v) is 8.43. The lowest BCUT2D eigenvalue weighted by molar-refractivity contribution is -0.135. The van der Waals surface area contributed by atoms with Crippen molar-refractivity contribution in [2.24, 2.45) is 5.92 Å². The number of carbonyl (C=O) groups excluding carboxylic acids is 2. The van der Waals surface area contributed by atoms with Gasteiger partial charge in [0.25, 0.3) is 5.91 Å². The summed E-state index contributed by atoms with van der Waals surface area (Å²) in [6.07, 6.45) is 6.22. The van der Waals surface area contributed by atoms with Crippen LogP contribution in [0.1, 0.15) is 55.5 Å². The Morgan fingerprint density at radius 1 is 1.00 bits per heavy atom. The van der Waals surface area contributed by atoms with Crippen molar-refractivity contribution >= 4 is 17.6 Å². The third kappa shape index (κ3) is 6.55. The van der Waals surface area contributed by atoms with Crippen LogP contribution >= 0.6 is 0 Å². The van der Waals surface area contributed by atoms with E-state index in [9.17, 15) is 9.59 Å². The number of nitrogens with zero attached hydrogens (tertiary/aromatic N) is 3. The van der Waals surface area contributed by atoms with Crippen LogP contribution in [-0.2, 0) is 11.2 Å². The minimum atomic E-state index is -0.0880. The molecule has 1 fully saturated rings. The summed E-state index contributed by atoms with van der Waals surface area (Å²) in [7, 11) is 0. The summed E-state index contributed by atoms with van der Waals surface area (Å²) in [5.74, 6) is 1.19. The minimum Gasteiger partial charge on any atom is -0.355 e. The van der Waals surface area contributed by atoms with Gasteiger partial charge in [0.1, 0.15) is 5.82 Å². The molecule has 0 atom stereocenters. The highest BCUT2D eigenvalue weighted by molar-refractivity contribution is 5.94. The molecule has 1 aromatic carbocycles. The molecule has 0 unspecified atom stereocenters. The maximum absolute atomic E-state index is 12.7. The first-order valence-corrected chi connectivity index (χ1v) is 11.9. The topological polar surface area (TPSA) is 65.5 Å². The van der Waals surface area contributed by atoms with Crippen molar-refractivity contribution in [2.45, 2.75) is 46.0 Å². The molecule has 0 radical (unpaired) electrons. The summed E-state index contributed by atoms with van der Waals surface area (Å²) < 4.78 is 0. The molecule has 0 saturated carbocycles. The summed E-state index contributed by atoms with van der Waals surface area (Å²) in [6.45, 7) is 7.97. The molecule has 1 aliphatic heterocycles.